The van der Waals surface area contributed by atoms with Gasteiger partial charge in [-0.3, -0.25) is 4.79 Å². The largest absolute Gasteiger partial charge is 0.490 e. The van der Waals surface area contributed by atoms with Crippen LogP contribution in [0.25, 0.3) is 0 Å². The van der Waals surface area contributed by atoms with Crippen LogP contribution in [0.5, 0.6) is 17.2 Å². The number of benzene rings is 2. The van der Waals surface area contributed by atoms with Crippen molar-refractivity contribution in [3.63, 3.8) is 0 Å². The Morgan fingerprint density at radius 2 is 1.64 bits per heavy atom. The quantitative estimate of drug-likeness (QED) is 0.630. The SMILES string of the molecule is CCOc1ccc(NC(=O)COC(=O)COc2cccc(C)c2)cc1OCC. The molecule has 0 aromatic heterocycles. The molecule has 2 aromatic carbocycles. The predicted octanol–water partition coefficient (Wildman–Crippen LogP) is 3.35. The van der Waals surface area contributed by atoms with Gasteiger partial charge in [-0.2, -0.15) is 0 Å². The van der Waals surface area contributed by atoms with Crippen molar-refractivity contribution in [2.45, 2.75) is 20.8 Å². The maximum atomic E-state index is 12.0. The fourth-order valence-electron chi connectivity index (χ4n) is 2.36. The van der Waals surface area contributed by atoms with E-state index >= 15 is 0 Å². The fraction of sp³-hybridized carbons (Fsp3) is 0.333. The van der Waals surface area contributed by atoms with E-state index in [0.29, 0.717) is 36.1 Å². The van der Waals surface area contributed by atoms with Gasteiger partial charge in [0.15, 0.2) is 24.7 Å². The van der Waals surface area contributed by atoms with Crippen molar-refractivity contribution < 1.29 is 28.5 Å². The summed E-state index contributed by atoms with van der Waals surface area (Å²) < 4.78 is 21.3. The first-order valence-electron chi connectivity index (χ1n) is 9.06. The highest BCUT2D eigenvalue weighted by molar-refractivity contribution is 5.93. The summed E-state index contributed by atoms with van der Waals surface area (Å²) in [5.41, 5.74) is 1.54. The van der Waals surface area contributed by atoms with Gasteiger partial charge in [-0.05, 0) is 50.6 Å². The maximum absolute atomic E-state index is 12.0. The minimum absolute atomic E-state index is 0.270. The molecule has 150 valence electrons. The second-order valence-electron chi connectivity index (χ2n) is 5.84. The Balaban J connectivity index is 1.81. The van der Waals surface area contributed by atoms with Gasteiger partial charge in [0.2, 0.25) is 0 Å². The molecule has 0 fully saturated rings. The second-order valence-corrected chi connectivity index (χ2v) is 5.84. The van der Waals surface area contributed by atoms with Gasteiger partial charge < -0.3 is 24.3 Å². The molecule has 2 aromatic rings. The Hall–Kier alpha value is -3.22. The van der Waals surface area contributed by atoms with Crippen LogP contribution in [0.2, 0.25) is 0 Å². The zero-order valence-electron chi connectivity index (χ0n) is 16.3. The average Bonchev–Trinajstić information content (AvgIpc) is 2.67. The van der Waals surface area contributed by atoms with E-state index < -0.39 is 18.5 Å². The molecule has 1 N–H and O–H groups in total. The van der Waals surface area contributed by atoms with E-state index in [9.17, 15) is 9.59 Å². The third-order valence-electron chi connectivity index (χ3n) is 3.54. The normalized spacial score (nSPS) is 10.1. The minimum Gasteiger partial charge on any atom is -0.490 e. The van der Waals surface area contributed by atoms with Crippen molar-refractivity contribution >= 4 is 17.6 Å². The van der Waals surface area contributed by atoms with Crippen molar-refractivity contribution in [2.75, 3.05) is 31.7 Å². The number of hydrogen-bond donors (Lipinski definition) is 1. The Kier molecular flexibility index (Phi) is 8.14. The lowest BCUT2D eigenvalue weighted by Crippen LogP contribution is -2.23. The third kappa shape index (κ3) is 6.83. The van der Waals surface area contributed by atoms with E-state index in [2.05, 4.69) is 5.32 Å². The lowest BCUT2D eigenvalue weighted by atomic mass is 10.2. The number of carbonyl (C=O) groups excluding carboxylic acids is 2. The molecule has 0 radical (unpaired) electrons. The molecule has 0 bridgehead atoms. The first-order valence-corrected chi connectivity index (χ1v) is 9.06. The van der Waals surface area contributed by atoms with Crippen molar-refractivity contribution in [1.82, 2.24) is 0 Å². The molecular weight excluding hydrogens is 362 g/mol. The summed E-state index contributed by atoms with van der Waals surface area (Å²) in [5, 5.41) is 2.65. The molecule has 0 aliphatic carbocycles. The summed E-state index contributed by atoms with van der Waals surface area (Å²) in [6.45, 7) is 5.96. The second kappa shape index (κ2) is 10.8. The van der Waals surface area contributed by atoms with Crippen LogP contribution in [0.1, 0.15) is 19.4 Å². The molecule has 0 unspecified atom stereocenters. The van der Waals surface area contributed by atoms with E-state index in [0.717, 1.165) is 5.56 Å². The molecule has 0 spiro atoms. The van der Waals surface area contributed by atoms with Gasteiger partial charge in [-0.25, -0.2) is 4.79 Å². The smallest absolute Gasteiger partial charge is 0.344 e. The Morgan fingerprint density at radius 3 is 2.36 bits per heavy atom. The summed E-state index contributed by atoms with van der Waals surface area (Å²) in [6.07, 6.45) is 0. The topological polar surface area (TPSA) is 83.1 Å². The first-order chi connectivity index (χ1) is 13.5. The molecule has 7 heteroatoms. The Labute approximate surface area is 164 Å². The van der Waals surface area contributed by atoms with Gasteiger partial charge in [0, 0.05) is 11.8 Å². The van der Waals surface area contributed by atoms with Crippen molar-refractivity contribution in [1.29, 1.82) is 0 Å². The van der Waals surface area contributed by atoms with Crippen LogP contribution < -0.4 is 19.5 Å². The van der Waals surface area contributed by atoms with Crippen LogP contribution in [0, 0.1) is 6.92 Å². The summed E-state index contributed by atoms with van der Waals surface area (Å²) in [5.74, 6) is 0.612. The zero-order chi connectivity index (χ0) is 20.4. The highest BCUT2D eigenvalue weighted by atomic mass is 16.6. The molecule has 0 atom stereocenters. The summed E-state index contributed by atoms with van der Waals surface area (Å²) >= 11 is 0. The summed E-state index contributed by atoms with van der Waals surface area (Å²) in [6, 6.07) is 12.4. The highest BCUT2D eigenvalue weighted by Gasteiger charge is 2.11. The Bertz CT molecular complexity index is 805. The number of carbonyl (C=O) groups is 2. The number of esters is 1. The first kappa shape index (κ1) is 21.1. The fourth-order valence-corrected chi connectivity index (χ4v) is 2.36. The molecule has 0 saturated carbocycles. The van der Waals surface area contributed by atoms with Crippen LogP contribution in [0.4, 0.5) is 5.69 Å². The Morgan fingerprint density at radius 1 is 0.893 bits per heavy atom. The van der Waals surface area contributed by atoms with Crippen molar-refractivity contribution in [2.24, 2.45) is 0 Å². The summed E-state index contributed by atoms with van der Waals surface area (Å²) in [7, 11) is 0. The van der Waals surface area contributed by atoms with E-state index in [4.69, 9.17) is 18.9 Å². The number of ether oxygens (including phenoxy) is 4. The van der Waals surface area contributed by atoms with Gasteiger partial charge in [0.1, 0.15) is 5.75 Å². The van der Waals surface area contributed by atoms with Crippen molar-refractivity contribution in [3.05, 3.63) is 48.0 Å². The van der Waals surface area contributed by atoms with Crippen LogP contribution in [-0.2, 0) is 14.3 Å². The molecule has 28 heavy (non-hydrogen) atoms. The lowest BCUT2D eigenvalue weighted by Gasteiger charge is -2.13. The van der Waals surface area contributed by atoms with Crippen molar-refractivity contribution in [3.8, 4) is 17.2 Å². The van der Waals surface area contributed by atoms with Crippen LogP contribution in [0.3, 0.4) is 0 Å². The van der Waals surface area contributed by atoms with Crippen LogP contribution >= 0.6 is 0 Å². The monoisotopic (exact) mass is 387 g/mol. The number of nitrogens with one attached hydrogen (secondary N) is 1. The predicted molar refractivity (Wildman–Crippen MR) is 105 cm³/mol. The molecule has 7 nitrogen and oxygen atoms in total. The molecule has 0 saturated heterocycles. The highest BCUT2D eigenvalue weighted by Crippen LogP contribution is 2.30. The molecule has 0 aliphatic heterocycles. The number of anilines is 1. The van der Waals surface area contributed by atoms with Gasteiger partial charge in [-0.15, -0.1) is 0 Å². The number of hydrogen-bond acceptors (Lipinski definition) is 6. The van der Waals surface area contributed by atoms with Gasteiger partial charge in [0.25, 0.3) is 5.91 Å². The van der Waals surface area contributed by atoms with E-state index in [1.54, 1.807) is 24.3 Å². The molecule has 0 aliphatic rings. The average molecular weight is 387 g/mol. The number of amides is 1. The molecule has 1 amide bonds. The lowest BCUT2D eigenvalue weighted by molar-refractivity contribution is -0.149. The summed E-state index contributed by atoms with van der Waals surface area (Å²) in [4.78, 5) is 23.8. The van der Waals surface area contributed by atoms with Crippen LogP contribution in [0.15, 0.2) is 42.5 Å². The minimum atomic E-state index is -0.627. The van der Waals surface area contributed by atoms with E-state index in [1.165, 1.54) is 0 Å². The standard InChI is InChI=1S/C21H25NO6/c1-4-25-18-10-9-16(12-19(18)26-5-2)22-20(23)13-28-21(24)14-27-17-8-6-7-15(3)11-17/h6-12H,4-5,13-14H2,1-3H3,(H,22,23). The van der Waals surface area contributed by atoms with Gasteiger partial charge >= 0.3 is 5.97 Å². The molecular formula is C21H25NO6. The molecule has 0 heterocycles. The third-order valence-corrected chi connectivity index (χ3v) is 3.54. The van der Waals surface area contributed by atoms with Gasteiger partial charge in [-0.1, -0.05) is 12.1 Å². The van der Waals surface area contributed by atoms with E-state index in [1.807, 2.05) is 39.0 Å². The van der Waals surface area contributed by atoms with Crippen LogP contribution in [-0.4, -0.2) is 38.3 Å². The number of aryl methyl sites for hydroxylation is 1. The zero-order valence-corrected chi connectivity index (χ0v) is 16.3. The van der Waals surface area contributed by atoms with Gasteiger partial charge in [0.05, 0.1) is 13.2 Å². The molecule has 2 rings (SSSR count). The number of rotatable bonds is 10. The van der Waals surface area contributed by atoms with E-state index in [-0.39, 0.29) is 6.61 Å². The maximum Gasteiger partial charge on any atom is 0.344 e.